The second-order valence-corrected chi connectivity index (χ2v) is 8.41. The lowest BCUT2D eigenvalue weighted by molar-refractivity contribution is 0.0600. The number of carbonyl (C=O) groups is 2. The Morgan fingerprint density at radius 2 is 1.72 bits per heavy atom. The van der Waals surface area contributed by atoms with Crippen LogP contribution in [0, 0.1) is 0 Å². The van der Waals surface area contributed by atoms with Gasteiger partial charge in [-0.25, -0.2) is 13.2 Å². The van der Waals surface area contributed by atoms with Gasteiger partial charge >= 0.3 is 5.97 Å². The lowest BCUT2D eigenvalue weighted by Gasteiger charge is -2.18. The van der Waals surface area contributed by atoms with Crippen molar-refractivity contribution >= 4 is 27.6 Å². The van der Waals surface area contributed by atoms with E-state index in [9.17, 15) is 18.0 Å². The molecule has 9 heteroatoms. The first kappa shape index (κ1) is 20.8. The minimum absolute atomic E-state index is 0.0436. The fourth-order valence-electron chi connectivity index (χ4n) is 3.13. The van der Waals surface area contributed by atoms with E-state index in [0.29, 0.717) is 18.8 Å². The molecule has 2 aromatic carbocycles. The molecule has 0 atom stereocenters. The topological polar surface area (TPSA) is 102 Å². The van der Waals surface area contributed by atoms with Gasteiger partial charge in [-0.1, -0.05) is 6.07 Å². The van der Waals surface area contributed by atoms with Crippen LogP contribution < -0.4 is 10.1 Å². The molecule has 0 bridgehead atoms. The van der Waals surface area contributed by atoms with E-state index in [2.05, 4.69) is 10.1 Å². The molecule has 1 heterocycles. The van der Waals surface area contributed by atoms with Crippen molar-refractivity contribution in [3.8, 4) is 5.75 Å². The summed E-state index contributed by atoms with van der Waals surface area (Å²) in [5.74, 6) is -0.849. The maximum Gasteiger partial charge on any atom is 0.337 e. The Balaban J connectivity index is 1.89. The summed E-state index contributed by atoms with van der Waals surface area (Å²) in [5, 5.41) is 2.67. The number of carbonyl (C=O) groups excluding carboxylic acids is 2. The highest BCUT2D eigenvalue weighted by molar-refractivity contribution is 7.89. The molecule has 1 aliphatic rings. The molecular formula is C20H22N2O6S. The Morgan fingerprint density at radius 3 is 2.38 bits per heavy atom. The molecule has 0 aliphatic carbocycles. The summed E-state index contributed by atoms with van der Waals surface area (Å²) >= 11 is 0. The maximum atomic E-state index is 13.0. The fourth-order valence-corrected chi connectivity index (χ4v) is 4.83. The zero-order valence-electron chi connectivity index (χ0n) is 16.2. The van der Waals surface area contributed by atoms with E-state index in [1.807, 2.05) is 0 Å². The van der Waals surface area contributed by atoms with Crippen LogP contribution in [0.1, 0.15) is 33.6 Å². The Morgan fingerprint density at radius 1 is 1.00 bits per heavy atom. The van der Waals surface area contributed by atoms with E-state index >= 15 is 0 Å². The first-order valence-corrected chi connectivity index (χ1v) is 10.5. The molecule has 0 radical (unpaired) electrons. The van der Waals surface area contributed by atoms with Crippen molar-refractivity contribution in [2.45, 2.75) is 17.7 Å². The van der Waals surface area contributed by atoms with Gasteiger partial charge in [0.2, 0.25) is 10.0 Å². The summed E-state index contributed by atoms with van der Waals surface area (Å²) in [5.41, 5.74) is 0.835. The van der Waals surface area contributed by atoms with E-state index in [1.165, 1.54) is 42.8 Å². The standard InChI is InChI=1S/C20H22N2O6S/c1-27-17-9-8-14(13-18(17)29(25,26)22-10-3-4-11-22)19(23)21-16-7-5-6-15(12-16)20(24)28-2/h5-9,12-13H,3-4,10-11H2,1-2H3,(H,21,23). The van der Waals surface area contributed by atoms with Gasteiger partial charge in [0.05, 0.1) is 19.8 Å². The van der Waals surface area contributed by atoms with E-state index in [0.717, 1.165) is 12.8 Å². The highest BCUT2D eigenvalue weighted by Gasteiger charge is 2.30. The molecule has 2 aromatic rings. The number of rotatable bonds is 6. The summed E-state index contributed by atoms with van der Waals surface area (Å²) in [6, 6.07) is 10.5. The predicted octanol–water partition coefficient (Wildman–Crippen LogP) is 2.52. The quantitative estimate of drug-likeness (QED) is 0.724. The van der Waals surface area contributed by atoms with Crippen LogP contribution in [-0.2, 0) is 14.8 Å². The second kappa shape index (κ2) is 8.62. The van der Waals surface area contributed by atoms with Crippen molar-refractivity contribution in [3.63, 3.8) is 0 Å². The van der Waals surface area contributed by atoms with Crippen LogP contribution in [0.15, 0.2) is 47.4 Å². The van der Waals surface area contributed by atoms with Gasteiger partial charge in [0.15, 0.2) is 0 Å². The van der Waals surface area contributed by atoms with E-state index < -0.39 is 21.9 Å². The smallest absolute Gasteiger partial charge is 0.337 e. The number of esters is 1. The van der Waals surface area contributed by atoms with Crippen LogP contribution in [0.5, 0.6) is 5.75 Å². The number of hydrogen-bond acceptors (Lipinski definition) is 6. The highest BCUT2D eigenvalue weighted by Crippen LogP contribution is 2.30. The van der Waals surface area contributed by atoms with Crippen molar-refractivity contribution in [3.05, 3.63) is 53.6 Å². The monoisotopic (exact) mass is 418 g/mol. The van der Waals surface area contributed by atoms with E-state index in [1.54, 1.807) is 18.2 Å². The van der Waals surface area contributed by atoms with Gasteiger partial charge in [-0.3, -0.25) is 4.79 Å². The molecule has 0 saturated carbocycles. The number of methoxy groups -OCH3 is 2. The summed E-state index contributed by atoms with van der Waals surface area (Å²) in [4.78, 5) is 24.3. The van der Waals surface area contributed by atoms with Gasteiger partial charge in [-0.2, -0.15) is 4.31 Å². The van der Waals surface area contributed by atoms with Crippen LogP contribution in [0.25, 0.3) is 0 Å². The molecule has 8 nitrogen and oxygen atoms in total. The Labute approximate surface area is 169 Å². The summed E-state index contributed by atoms with van der Waals surface area (Å²) < 4.78 is 37.2. The van der Waals surface area contributed by atoms with Crippen molar-refractivity contribution < 1.29 is 27.5 Å². The zero-order valence-corrected chi connectivity index (χ0v) is 17.0. The number of nitrogens with one attached hydrogen (secondary N) is 1. The molecule has 1 amide bonds. The molecule has 0 spiro atoms. The first-order chi connectivity index (χ1) is 13.9. The molecule has 1 fully saturated rings. The Kier molecular flexibility index (Phi) is 6.19. The minimum atomic E-state index is -3.76. The molecular weight excluding hydrogens is 396 g/mol. The number of ether oxygens (including phenoxy) is 2. The molecule has 3 rings (SSSR count). The number of amides is 1. The van der Waals surface area contributed by atoms with Crippen molar-refractivity contribution in [1.29, 1.82) is 0 Å². The maximum absolute atomic E-state index is 13.0. The van der Waals surface area contributed by atoms with Gasteiger partial charge in [-0.15, -0.1) is 0 Å². The average Bonchev–Trinajstić information content (AvgIpc) is 3.28. The largest absolute Gasteiger partial charge is 0.495 e. The van der Waals surface area contributed by atoms with Crippen molar-refractivity contribution in [2.24, 2.45) is 0 Å². The summed E-state index contributed by atoms with van der Waals surface area (Å²) in [6.07, 6.45) is 1.61. The van der Waals surface area contributed by atoms with Crippen LogP contribution >= 0.6 is 0 Å². The van der Waals surface area contributed by atoms with Crippen LogP contribution in [-0.4, -0.2) is 51.9 Å². The number of benzene rings is 2. The molecule has 0 aromatic heterocycles. The van der Waals surface area contributed by atoms with Crippen molar-refractivity contribution in [2.75, 3.05) is 32.6 Å². The minimum Gasteiger partial charge on any atom is -0.495 e. The van der Waals surface area contributed by atoms with E-state index in [4.69, 9.17) is 4.74 Å². The second-order valence-electron chi connectivity index (χ2n) is 6.50. The van der Waals surface area contributed by atoms with Gasteiger partial charge in [0.1, 0.15) is 10.6 Å². The number of nitrogens with zero attached hydrogens (tertiary/aromatic N) is 1. The fraction of sp³-hybridized carbons (Fsp3) is 0.300. The predicted molar refractivity (Wildman–Crippen MR) is 107 cm³/mol. The third kappa shape index (κ3) is 4.41. The number of hydrogen-bond donors (Lipinski definition) is 1. The zero-order chi connectivity index (χ0) is 21.0. The SMILES string of the molecule is COC(=O)c1cccc(NC(=O)c2ccc(OC)c(S(=O)(=O)N3CCCC3)c2)c1. The summed E-state index contributed by atoms with van der Waals surface area (Å²) in [6.45, 7) is 0.893. The first-order valence-electron chi connectivity index (χ1n) is 9.04. The van der Waals surface area contributed by atoms with Gasteiger partial charge in [0, 0.05) is 24.3 Å². The molecule has 0 unspecified atom stereocenters. The third-order valence-electron chi connectivity index (χ3n) is 4.65. The van der Waals surface area contributed by atoms with Crippen LogP contribution in [0.4, 0.5) is 5.69 Å². The summed E-state index contributed by atoms with van der Waals surface area (Å²) in [7, 11) is -1.11. The Hall–Kier alpha value is -2.91. The van der Waals surface area contributed by atoms with Crippen LogP contribution in [0.2, 0.25) is 0 Å². The molecule has 1 N–H and O–H groups in total. The number of anilines is 1. The van der Waals surface area contributed by atoms with Gasteiger partial charge in [0.25, 0.3) is 5.91 Å². The molecule has 154 valence electrons. The lowest BCUT2D eigenvalue weighted by atomic mass is 10.1. The van der Waals surface area contributed by atoms with E-state index in [-0.39, 0.29) is 21.8 Å². The lowest BCUT2D eigenvalue weighted by Crippen LogP contribution is -2.28. The molecule has 29 heavy (non-hydrogen) atoms. The Bertz CT molecular complexity index is 1030. The number of sulfonamides is 1. The van der Waals surface area contributed by atoms with Gasteiger partial charge in [-0.05, 0) is 49.2 Å². The molecule has 1 saturated heterocycles. The normalized spacial score (nSPS) is 14.4. The van der Waals surface area contributed by atoms with Crippen molar-refractivity contribution in [1.82, 2.24) is 4.31 Å². The average molecular weight is 418 g/mol. The molecule has 1 aliphatic heterocycles. The van der Waals surface area contributed by atoms with Crippen LogP contribution in [0.3, 0.4) is 0 Å². The third-order valence-corrected chi connectivity index (χ3v) is 6.57. The highest BCUT2D eigenvalue weighted by atomic mass is 32.2. The van der Waals surface area contributed by atoms with Gasteiger partial charge < -0.3 is 14.8 Å².